The molecule has 0 amide bonds. The summed E-state index contributed by atoms with van der Waals surface area (Å²) < 4.78 is 0. The van der Waals surface area contributed by atoms with Crippen molar-refractivity contribution in [2.75, 3.05) is 0 Å². The molecule has 0 N–H and O–H groups in total. The predicted octanol–water partition coefficient (Wildman–Crippen LogP) is 4.89. The molecule has 14 heavy (non-hydrogen) atoms. The first-order valence-electron chi connectivity index (χ1n) is 4.39. The molecule has 0 unspecified atom stereocenters. The SMILES string of the molecule is C=CS/C(=C\C)c1ccc(C)c(Cl)c1. The van der Waals surface area contributed by atoms with Crippen molar-refractivity contribution in [3.63, 3.8) is 0 Å². The van der Waals surface area contributed by atoms with Gasteiger partial charge in [0.15, 0.2) is 0 Å². The maximum absolute atomic E-state index is 6.05. The molecule has 0 aliphatic carbocycles. The minimum Gasteiger partial charge on any atom is -0.0984 e. The lowest BCUT2D eigenvalue weighted by atomic mass is 10.1. The van der Waals surface area contributed by atoms with Gasteiger partial charge < -0.3 is 0 Å². The first-order valence-corrected chi connectivity index (χ1v) is 5.65. The van der Waals surface area contributed by atoms with Crippen LogP contribution in [0.15, 0.2) is 36.3 Å². The van der Waals surface area contributed by atoms with Crippen LogP contribution in [0.4, 0.5) is 0 Å². The van der Waals surface area contributed by atoms with Crippen molar-refractivity contribution in [1.29, 1.82) is 0 Å². The average molecular weight is 225 g/mol. The van der Waals surface area contributed by atoms with Gasteiger partial charge in [0.05, 0.1) is 0 Å². The molecule has 0 aromatic heterocycles. The zero-order valence-electron chi connectivity index (χ0n) is 8.38. The zero-order chi connectivity index (χ0) is 10.6. The van der Waals surface area contributed by atoms with Crippen LogP contribution in [0.3, 0.4) is 0 Å². The Balaban J connectivity index is 3.06. The van der Waals surface area contributed by atoms with Crippen LogP contribution in [0.25, 0.3) is 4.91 Å². The summed E-state index contributed by atoms with van der Waals surface area (Å²) in [5.41, 5.74) is 2.25. The molecule has 0 saturated carbocycles. The normalized spacial score (nSPS) is 11.5. The van der Waals surface area contributed by atoms with E-state index < -0.39 is 0 Å². The Labute approximate surface area is 94.7 Å². The summed E-state index contributed by atoms with van der Waals surface area (Å²) in [7, 11) is 0. The van der Waals surface area contributed by atoms with E-state index >= 15 is 0 Å². The van der Waals surface area contributed by atoms with Crippen LogP contribution >= 0.6 is 23.4 Å². The third kappa shape index (κ3) is 2.66. The summed E-state index contributed by atoms with van der Waals surface area (Å²) in [5, 5.41) is 2.63. The third-order valence-corrected chi connectivity index (χ3v) is 3.23. The van der Waals surface area contributed by atoms with E-state index in [1.165, 1.54) is 4.91 Å². The molecule has 0 saturated heterocycles. The largest absolute Gasteiger partial charge is 0.0984 e. The predicted molar refractivity (Wildman–Crippen MR) is 67.6 cm³/mol. The van der Waals surface area contributed by atoms with E-state index in [0.717, 1.165) is 16.1 Å². The van der Waals surface area contributed by atoms with Crippen LogP contribution in [0.5, 0.6) is 0 Å². The van der Waals surface area contributed by atoms with E-state index in [9.17, 15) is 0 Å². The fraction of sp³-hybridized carbons (Fsp3) is 0.167. The summed E-state index contributed by atoms with van der Waals surface area (Å²) in [6.45, 7) is 7.72. The summed E-state index contributed by atoms with van der Waals surface area (Å²) in [6, 6.07) is 6.10. The molecule has 1 rings (SSSR count). The molecule has 0 nitrogen and oxygen atoms in total. The Morgan fingerprint density at radius 3 is 2.71 bits per heavy atom. The monoisotopic (exact) mass is 224 g/mol. The number of halogens is 1. The van der Waals surface area contributed by atoms with E-state index in [-0.39, 0.29) is 0 Å². The van der Waals surface area contributed by atoms with E-state index in [1.54, 1.807) is 11.8 Å². The van der Waals surface area contributed by atoms with E-state index in [2.05, 4.69) is 18.7 Å². The van der Waals surface area contributed by atoms with Crippen LogP contribution in [0, 0.1) is 6.92 Å². The van der Waals surface area contributed by atoms with Crippen LogP contribution in [0.1, 0.15) is 18.1 Å². The molecule has 0 fully saturated rings. The van der Waals surface area contributed by atoms with Gasteiger partial charge in [0.25, 0.3) is 0 Å². The second-order valence-corrected chi connectivity index (χ2v) is 4.32. The molecule has 0 aliphatic rings. The van der Waals surface area contributed by atoms with E-state index in [4.69, 9.17) is 11.6 Å². The van der Waals surface area contributed by atoms with Gasteiger partial charge in [-0.2, -0.15) is 0 Å². The second kappa shape index (κ2) is 5.28. The Morgan fingerprint density at radius 2 is 2.21 bits per heavy atom. The fourth-order valence-electron chi connectivity index (χ4n) is 1.14. The highest BCUT2D eigenvalue weighted by atomic mass is 35.5. The van der Waals surface area contributed by atoms with Crippen molar-refractivity contribution in [3.05, 3.63) is 52.4 Å². The zero-order valence-corrected chi connectivity index (χ0v) is 9.95. The van der Waals surface area contributed by atoms with Crippen molar-refractivity contribution in [1.82, 2.24) is 0 Å². The van der Waals surface area contributed by atoms with Crippen molar-refractivity contribution in [2.24, 2.45) is 0 Å². The fourth-order valence-corrected chi connectivity index (χ4v) is 1.90. The number of thioether (sulfide) groups is 1. The minimum absolute atomic E-state index is 0.812. The smallest absolute Gasteiger partial charge is 0.0441 e. The van der Waals surface area contributed by atoms with E-state index in [1.807, 2.05) is 31.4 Å². The highest BCUT2D eigenvalue weighted by Crippen LogP contribution is 2.30. The first-order chi connectivity index (χ1) is 6.69. The van der Waals surface area contributed by atoms with Gasteiger partial charge in [0.1, 0.15) is 0 Å². The van der Waals surface area contributed by atoms with Crippen molar-refractivity contribution in [2.45, 2.75) is 13.8 Å². The second-order valence-electron chi connectivity index (χ2n) is 2.90. The molecule has 0 bridgehead atoms. The highest BCUT2D eigenvalue weighted by Gasteiger charge is 2.01. The molecule has 0 heterocycles. The molecular formula is C12H13ClS. The number of hydrogen-bond acceptors (Lipinski definition) is 1. The van der Waals surface area contributed by atoms with Gasteiger partial charge in [-0.15, -0.1) is 0 Å². The van der Waals surface area contributed by atoms with Crippen molar-refractivity contribution >= 4 is 28.3 Å². The number of allylic oxidation sites excluding steroid dienone is 1. The number of rotatable bonds is 3. The van der Waals surface area contributed by atoms with Gasteiger partial charge in [0, 0.05) is 9.93 Å². The quantitative estimate of drug-likeness (QED) is 0.705. The third-order valence-electron chi connectivity index (χ3n) is 1.93. The van der Waals surface area contributed by atoms with Gasteiger partial charge in [0.2, 0.25) is 0 Å². The lowest BCUT2D eigenvalue weighted by molar-refractivity contribution is 1.46. The molecule has 1 aromatic rings. The van der Waals surface area contributed by atoms with Crippen LogP contribution < -0.4 is 0 Å². The minimum atomic E-state index is 0.812. The van der Waals surface area contributed by atoms with Gasteiger partial charge in [-0.1, -0.05) is 48.2 Å². The maximum Gasteiger partial charge on any atom is 0.0441 e. The first kappa shape index (κ1) is 11.4. The van der Waals surface area contributed by atoms with Crippen molar-refractivity contribution in [3.8, 4) is 0 Å². The van der Waals surface area contributed by atoms with Crippen LogP contribution in [-0.2, 0) is 0 Å². The molecule has 0 radical (unpaired) electrons. The molecular weight excluding hydrogens is 212 g/mol. The van der Waals surface area contributed by atoms with E-state index in [0.29, 0.717) is 0 Å². The number of hydrogen-bond donors (Lipinski definition) is 0. The summed E-state index contributed by atoms with van der Waals surface area (Å²) in [6.07, 6.45) is 2.06. The molecule has 0 aliphatic heterocycles. The topological polar surface area (TPSA) is 0 Å². The molecule has 1 aromatic carbocycles. The van der Waals surface area contributed by atoms with Crippen LogP contribution in [0.2, 0.25) is 5.02 Å². The standard InChI is InChI=1S/C12H13ClS/c1-4-12(14-5-2)10-7-6-9(3)11(13)8-10/h4-8H,2H2,1,3H3/b12-4-. The van der Waals surface area contributed by atoms with Crippen molar-refractivity contribution < 1.29 is 0 Å². The molecule has 0 atom stereocenters. The van der Waals surface area contributed by atoms with Gasteiger partial charge in [-0.25, -0.2) is 0 Å². The lowest BCUT2D eigenvalue weighted by Gasteiger charge is -2.05. The number of aryl methyl sites for hydroxylation is 1. The number of benzene rings is 1. The molecule has 0 spiro atoms. The maximum atomic E-state index is 6.05. The van der Waals surface area contributed by atoms with Gasteiger partial charge in [-0.3, -0.25) is 0 Å². The van der Waals surface area contributed by atoms with Gasteiger partial charge in [-0.05, 0) is 36.4 Å². The Morgan fingerprint density at radius 1 is 1.50 bits per heavy atom. The van der Waals surface area contributed by atoms with Crippen LogP contribution in [-0.4, -0.2) is 0 Å². The Kier molecular flexibility index (Phi) is 4.30. The summed E-state index contributed by atoms with van der Waals surface area (Å²) in [4.78, 5) is 1.18. The summed E-state index contributed by atoms with van der Waals surface area (Å²) in [5.74, 6) is 0. The Hall–Kier alpha value is -0.660. The molecule has 74 valence electrons. The average Bonchev–Trinajstić information content (AvgIpc) is 2.19. The summed E-state index contributed by atoms with van der Waals surface area (Å²) >= 11 is 7.66. The Bertz CT molecular complexity index is 367. The highest BCUT2D eigenvalue weighted by molar-refractivity contribution is 8.10. The molecule has 2 heteroatoms. The lowest BCUT2D eigenvalue weighted by Crippen LogP contribution is -1.81. The van der Waals surface area contributed by atoms with Gasteiger partial charge >= 0.3 is 0 Å².